The fourth-order valence-electron chi connectivity index (χ4n) is 3.29. The van der Waals surface area contributed by atoms with Crippen LogP contribution in [0.25, 0.3) is 11.0 Å². The molecule has 0 amide bonds. The van der Waals surface area contributed by atoms with E-state index >= 15 is 0 Å². The number of imidazole rings is 1. The molecular formula is C21H31N7O. The Bertz CT molecular complexity index is 970. The summed E-state index contributed by atoms with van der Waals surface area (Å²) in [7, 11) is 1.83. The van der Waals surface area contributed by atoms with E-state index in [1.807, 2.05) is 45.3 Å². The Morgan fingerprint density at radius 3 is 2.79 bits per heavy atom. The zero-order valence-electron chi connectivity index (χ0n) is 17.7. The lowest BCUT2D eigenvalue weighted by Gasteiger charge is -2.20. The van der Waals surface area contributed by atoms with Crippen LogP contribution in [0.15, 0.2) is 41.7 Å². The number of fused-ring (bicyclic) bond motifs is 1. The topological polar surface area (TPSA) is 92.3 Å². The molecule has 0 aliphatic carbocycles. The van der Waals surface area contributed by atoms with Crippen molar-refractivity contribution in [2.24, 2.45) is 12.0 Å². The summed E-state index contributed by atoms with van der Waals surface area (Å²) in [4.78, 5) is 9.18. The van der Waals surface area contributed by atoms with Gasteiger partial charge in [0.15, 0.2) is 5.96 Å². The summed E-state index contributed by atoms with van der Waals surface area (Å²) in [5.74, 6) is 1.73. The van der Waals surface area contributed by atoms with Crippen LogP contribution in [0.2, 0.25) is 0 Å². The van der Waals surface area contributed by atoms with Crippen LogP contribution in [0, 0.1) is 6.92 Å². The highest BCUT2D eigenvalue weighted by atomic mass is 16.3. The molecule has 8 nitrogen and oxygen atoms in total. The normalized spacial score (nSPS) is 14.2. The predicted octanol–water partition coefficient (Wildman–Crippen LogP) is 1.93. The van der Waals surface area contributed by atoms with Gasteiger partial charge in [-0.15, -0.1) is 0 Å². The Kier molecular flexibility index (Phi) is 6.53. The van der Waals surface area contributed by atoms with Crippen molar-refractivity contribution in [2.75, 3.05) is 19.6 Å². The third-order valence-electron chi connectivity index (χ3n) is 4.91. The molecule has 0 fully saturated rings. The molecule has 2 aromatic heterocycles. The number of aryl methyl sites for hydroxylation is 3. The molecule has 0 saturated carbocycles. The maximum atomic E-state index is 10.7. The second-order valence-electron chi connectivity index (χ2n) is 7.45. The number of nitrogens with zero attached hydrogens (tertiary/aromatic N) is 5. The molecule has 156 valence electrons. The summed E-state index contributed by atoms with van der Waals surface area (Å²) in [6.45, 7) is 8.48. The summed E-state index contributed by atoms with van der Waals surface area (Å²) in [6.07, 6.45) is 4.42. The SMILES string of the molecule is CCNC(=NCC(C)(O)c1cnn(C)c1)NCCCn1c(C)nc2ccccc21. The molecule has 1 atom stereocenters. The smallest absolute Gasteiger partial charge is 0.191 e. The molecule has 29 heavy (non-hydrogen) atoms. The summed E-state index contributed by atoms with van der Waals surface area (Å²) >= 11 is 0. The Labute approximate surface area is 171 Å². The Morgan fingerprint density at radius 1 is 1.28 bits per heavy atom. The lowest BCUT2D eigenvalue weighted by Crippen LogP contribution is -2.39. The molecule has 0 aliphatic heterocycles. The molecule has 0 aliphatic rings. The number of para-hydroxylation sites is 2. The average Bonchev–Trinajstić information content (AvgIpc) is 3.26. The first-order valence-electron chi connectivity index (χ1n) is 10.1. The van der Waals surface area contributed by atoms with E-state index in [2.05, 4.69) is 36.3 Å². The first-order chi connectivity index (χ1) is 13.9. The fraction of sp³-hybridized carbons (Fsp3) is 0.476. The van der Waals surface area contributed by atoms with Gasteiger partial charge in [-0.3, -0.25) is 4.68 Å². The van der Waals surface area contributed by atoms with Crippen LogP contribution >= 0.6 is 0 Å². The average molecular weight is 398 g/mol. The Hall–Kier alpha value is -2.87. The molecule has 0 saturated heterocycles. The van der Waals surface area contributed by atoms with Crippen molar-refractivity contribution >= 4 is 17.0 Å². The van der Waals surface area contributed by atoms with Crippen molar-refractivity contribution in [2.45, 2.75) is 39.3 Å². The third-order valence-corrected chi connectivity index (χ3v) is 4.91. The molecule has 0 spiro atoms. The number of aliphatic imine (C=N–C) groups is 1. The highest BCUT2D eigenvalue weighted by molar-refractivity contribution is 5.79. The summed E-state index contributed by atoms with van der Waals surface area (Å²) < 4.78 is 3.92. The first-order valence-corrected chi connectivity index (χ1v) is 10.1. The standard InChI is InChI=1S/C21H31N7O/c1-5-22-20(24-15-21(3,29)17-13-25-27(4)14-17)23-11-8-12-28-16(2)26-18-9-6-7-10-19(18)28/h6-7,9-10,13-14,29H,5,8,11-12,15H2,1-4H3,(H2,22,23,24). The van der Waals surface area contributed by atoms with Gasteiger partial charge >= 0.3 is 0 Å². The fourth-order valence-corrected chi connectivity index (χ4v) is 3.29. The van der Waals surface area contributed by atoms with Crippen molar-refractivity contribution in [3.63, 3.8) is 0 Å². The predicted molar refractivity (Wildman–Crippen MR) is 116 cm³/mol. The van der Waals surface area contributed by atoms with E-state index < -0.39 is 5.60 Å². The lowest BCUT2D eigenvalue weighted by atomic mass is 10.0. The van der Waals surface area contributed by atoms with Crippen LogP contribution in [0.4, 0.5) is 0 Å². The largest absolute Gasteiger partial charge is 0.383 e. The maximum Gasteiger partial charge on any atom is 0.191 e. The highest BCUT2D eigenvalue weighted by Gasteiger charge is 2.24. The van der Waals surface area contributed by atoms with Gasteiger partial charge in [-0.05, 0) is 39.3 Å². The van der Waals surface area contributed by atoms with E-state index in [9.17, 15) is 5.11 Å². The zero-order valence-corrected chi connectivity index (χ0v) is 17.7. The van der Waals surface area contributed by atoms with Crippen LogP contribution in [0.3, 0.4) is 0 Å². The summed E-state index contributed by atoms with van der Waals surface area (Å²) in [6, 6.07) is 8.21. The highest BCUT2D eigenvalue weighted by Crippen LogP contribution is 2.20. The minimum absolute atomic E-state index is 0.249. The van der Waals surface area contributed by atoms with Gasteiger partial charge in [0.05, 0.1) is 23.8 Å². The second-order valence-corrected chi connectivity index (χ2v) is 7.45. The van der Waals surface area contributed by atoms with Crippen LogP contribution in [0.5, 0.6) is 0 Å². The van der Waals surface area contributed by atoms with Crippen LogP contribution < -0.4 is 10.6 Å². The van der Waals surface area contributed by atoms with E-state index in [0.717, 1.165) is 48.5 Å². The molecule has 1 unspecified atom stereocenters. The van der Waals surface area contributed by atoms with Crippen molar-refractivity contribution in [1.29, 1.82) is 0 Å². The minimum Gasteiger partial charge on any atom is -0.383 e. The van der Waals surface area contributed by atoms with Gasteiger partial charge in [0, 0.05) is 38.4 Å². The summed E-state index contributed by atoms with van der Waals surface area (Å²) in [5.41, 5.74) is 1.88. The molecular weight excluding hydrogens is 366 g/mol. The number of guanidine groups is 1. The number of benzene rings is 1. The molecule has 1 aromatic carbocycles. The van der Waals surface area contributed by atoms with Crippen LogP contribution in [-0.4, -0.2) is 50.0 Å². The quantitative estimate of drug-likeness (QED) is 0.307. The van der Waals surface area contributed by atoms with E-state index in [4.69, 9.17) is 0 Å². The Morgan fingerprint density at radius 2 is 2.07 bits per heavy atom. The molecule has 3 N–H and O–H groups in total. The van der Waals surface area contributed by atoms with Crippen molar-refractivity contribution < 1.29 is 5.11 Å². The molecule has 3 rings (SSSR count). The number of rotatable bonds is 8. The lowest BCUT2D eigenvalue weighted by molar-refractivity contribution is 0.0672. The molecule has 3 aromatic rings. The van der Waals surface area contributed by atoms with Gasteiger partial charge < -0.3 is 20.3 Å². The number of aliphatic hydroxyl groups is 1. The molecule has 2 heterocycles. The zero-order chi connectivity index (χ0) is 20.9. The van der Waals surface area contributed by atoms with Crippen LogP contribution in [0.1, 0.15) is 31.7 Å². The van der Waals surface area contributed by atoms with Gasteiger partial charge in [-0.1, -0.05) is 12.1 Å². The van der Waals surface area contributed by atoms with Crippen molar-refractivity contribution in [3.8, 4) is 0 Å². The Balaban J connectivity index is 1.56. The van der Waals surface area contributed by atoms with E-state index in [0.29, 0.717) is 5.96 Å². The first kappa shape index (κ1) is 20.9. The molecule has 0 radical (unpaired) electrons. The van der Waals surface area contributed by atoms with Crippen molar-refractivity contribution in [1.82, 2.24) is 30.0 Å². The van der Waals surface area contributed by atoms with E-state index in [-0.39, 0.29) is 6.54 Å². The van der Waals surface area contributed by atoms with E-state index in [1.54, 1.807) is 17.8 Å². The van der Waals surface area contributed by atoms with Gasteiger partial charge in [-0.25, -0.2) is 9.98 Å². The van der Waals surface area contributed by atoms with Crippen LogP contribution in [-0.2, 0) is 19.2 Å². The number of aromatic nitrogens is 4. The van der Waals surface area contributed by atoms with Gasteiger partial charge in [0.2, 0.25) is 0 Å². The number of hydrogen-bond acceptors (Lipinski definition) is 4. The number of hydrogen-bond donors (Lipinski definition) is 3. The van der Waals surface area contributed by atoms with Gasteiger partial charge in [-0.2, -0.15) is 5.10 Å². The van der Waals surface area contributed by atoms with E-state index in [1.165, 1.54) is 0 Å². The number of nitrogens with one attached hydrogen (secondary N) is 2. The van der Waals surface area contributed by atoms with Gasteiger partial charge in [0.1, 0.15) is 11.4 Å². The summed E-state index contributed by atoms with van der Waals surface area (Å²) in [5, 5.41) is 21.4. The second kappa shape index (κ2) is 9.09. The molecule has 0 bridgehead atoms. The van der Waals surface area contributed by atoms with Crippen molar-refractivity contribution in [3.05, 3.63) is 48.0 Å². The van der Waals surface area contributed by atoms with Gasteiger partial charge in [0.25, 0.3) is 0 Å². The monoisotopic (exact) mass is 397 g/mol. The molecule has 8 heteroatoms. The minimum atomic E-state index is -1.07. The third kappa shape index (κ3) is 5.14. The maximum absolute atomic E-state index is 10.7.